The van der Waals surface area contributed by atoms with E-state index in [9.17, 15) is 4.79 Å². The Hall–Kier alpha value is -0.570. The highest BCUT2D eigenvalue weighted by molar-refractivity contribution is 5.79. The summed E-state index contributed by atoms with van der Waals surface area (Å²) in [7, 11) is 0. The van der Waals surface area contributed by atoms with Crippen LogP contribution in [0.2, 0.25) is 0 Å². The largest absolute Gasteiger partial charge is 0.339 e. The molecule has 0 aromatic heterocycles. The molecule has 0 spiro atoms. The van der Waals surface area contributed by atoms with E-state index in [-0.39, 0.29) is 0 Å². The van der Waals surface area contributed by atoms with Gasteiger partial charge in [-0.1, -0.05) is 0 Å². The smallest absolute Gasteiger partial charge is 0.223 e. The highest BCUT2D eigenvalue weighted by Crippen LogP contribution is 2.31. The van der Waals surface area contributed by atoms with Crippen LogP contribution in [0.25, 0.3) is 0 Å². The number of nitrogens with two attached hydrogens (primary N) is 1. The lowest BCUT2D eigenvalue weighted by atomic mass is 9.93. The van der Waals surface area contributed by atoms with Crippen molar-refractivity contribution in [3.05, 3.63) is 0 Å². The molecule has 2 atom stereocenters. The van der Waals surface area contributed by atoms with Gasteiger partial charge in [0, 0.05) is 24.9 Å². The van der Waals surface area contributed by atoms with Crippen molar-refractivity contribution in [3.63, 3.8) is 0 Å². The summed E-state index contributed by atoms with van der Waals surface area (Å²) in [6.07, 6.45) is 4.32. The maximum absolute atomic E-state index is 11.4. The first-order valence-corrected chi connectivity index (χ1v) is 4.82. The monoisotopic (exact) mass is 168 g/mol. The van der Waals surface area contributed by atoms with Crippen LogP contribution in [0.3, 0.4) is 0 Å². The number of carbonyl (C=O) groups excluding carboxylic acids is 1. The lowest BCUT2D eigenvalue weighted by Gasteiger charge is -2.32. The van der Waals surface area contributed by atoms with Gasteiger partial charge in [-0.05, 0) is 25.8 Å². The maximum atomic E-state index is 11.4. The number of amides is 1. The number of piperidine rings is 1. The zero-order chi connectivity index (χ0) is 8.55. The molecule has 2 unspecified atom stereocenters. The second-order valence-electron chi connectivity index (χ2n) is 3.85. The van der Waals surface area contributed by atoms with Gasteiger partial charge in [-0.25, -0.2) is 0 Å². The van der Waals surface area contributed by atoms with Gasteiger partial charge < -0.3 is 10.6 Å². The fourth-order valence-corrected chi connectivity index (χ4v) is 2.48. The van der Waals surface area contributed by atoms with Crippen molar-refractivity contribution < 1.29 is 4.79 Å². The second kappa shape index (κ2) is 3.05. The van der Waals surface area contributed by atoms with Crippen LogP contribution in [-0.4, -0.2) is 29.9 Å². The topological polar surface area (TPSA) is 46.3 Å². The van der Waals surface area contributed by atoms with E-state index in [0.29, 0.717) is 30.8 Å². The predicted molar refractivity (Wildman–Crippen MR) is 46.5 cm³/mol. The first-order chi connectivity index (χ1) is 5.83. The van der Waals surface area contributed by atoms with Gasteiger partial charge >= 0.3 is 0 Å². The van der Waals surface area contributed by atoms with Gasteiger partial charge in [-0.2, -0.15) is 0 Å². The summed E-state index contributed by atoms with van der Waals surface area (Å²) < 4.78 is 0. The molecule has 2 saturated heterocycles. The summed E-state index contributed by atoms with van der Waals surface area (Å²) in [4.78, 5) is 13.5. The fraction of sp³-hybridized carbons (Fsp3) is 0.889. The molecule has 1 amide bonds. The van der Waals surface area contributed by atoms with Crippen molar-refractivity contribution in [1.29, 1.82) is 0 Å². The van der Waals surface area contributed by atoms with E-state index in [0.717, 1.165) is 6.54 Å². The van der Waals surface area contributed by atoms with Gasteiger partial charge in [-0.15, -0.1) is 0 Å². The van der Waals surface area contributed by atoms with E-state index >= 15 is 0 Å². The summed E-state index contributed by atoms with van der Waals surface area (Å²) in [6.45, 7) is 1.65. The quantitative estimate of drug-likeness (QED) is 0.614. The van der Waals surface area contributed by atoms with Gasteiger partial charge in [0.2, 0.25) is 5.91 Å². The van der Waals surface area contributed by atoms with Crippen molar-refractivity contribution >= 4 is 5.91 Å². The van der Waals surface area contributed by atoms with Gasteiger partial charge in [0.25, 0.3) is 0 Å². The van der Waals surface area contributed by atoms with Crippen LogP contribution in [-0.2, 0) is 4.79 Å². The van der Waals surface area contributed by atoms with Crippen LogP contribution >= 0.6 is 0 Å². The van der Waals surface area contributed by atoms with Crippen LogP contribution in [0.5, 0.6) is 0 Å². The Labute approximate surface area is 72.9 Å². The van der Waals surface area contributed by atoms with E-state index in [1.54, 1.807) is 0 Å². The molecular formula is C9H16N2O. The molecule has 0 aromatic rings. The minimum absolute atomic E-state index is 0.329. The molecule has 0 radical (unpaired) electrons. The van der Waals surface area contributed by atoms with Gasteiger partial charge in [0.15, 0.2) is 0 Å². The Balaban J connectivity index is 2.10. The van der Waals surface area contributed by atoms with E-state index in [4.69, 9.17) is 5.73 Å². The number of rotatable bonds is 1. The first kappa shape index (κ1) is 8.05. The summed E-state index contributed by atoms with van der Waals surface area (Å²) in [5, 5.41) is 0. The Morgan fingerprint density at radius 1 is 1.50 bits per heavy atom. The molecule has 2 fully saturated rings. The molecule has 2 N–H and O–H groups in total. The Kier molecular flexibility index (Phi) is 2.05. The zero-order valence-electron chi connectivity index (χ0n) is 7.33. The molecule has 0 saturated carbocycles. The van der Waals surface area contributed by atoms with E-state index in [1.165, 1.54) is 19.3 Å². The van der Waals surface area contributed by atoms with Crippen molar-refractivity contribution in [3.8, 4) is 0 Å². The highest BCUT2D eigenvalue weighted by Gasteiger charge is 2.39. The molecular weight excluding hydrogens is 152 g/mol. The molecule has 3 heteroatoms. The minimum atomic E-state index is 0.329. The first-order valence-electron chi connectivity index (χ1n) is 4.82. The molecule has 3 nitrogen and oxygen atoms in total. The SMILES string of the molecule is NCC1CC(=O)N2CCCCC12. The Morgan fingerprint density at radius 3 is 3.08 bits per heavy atom. The van der Waals surface area contributed by atoms with Crippen molar-refractivity contribution in [2.75, 3.05) is 13.1 Å². The number of fused-ring (bicyclic) bond motifs is 1. The fourth-order valence-electron chi connectivity index (χ4n) is 2.48. The van der Waals surface area contributed by atoms with Crippen molar-refractivity contribution in [2.24, 2.45) is 11.7 Å². The van der Waals surface area contributed by atoms with Gasteiger partial charge in [0.1, 0.15) is 0 Å². The van der Waals surface area contributed by atoms with Crippen LogP contribution in [0.15, 0.2) is 0 Å². The molecule has 68 valence electrons. The van der Waals surface area contributed by atoms with Crippen LogP contribution in [0, 0.1) is 5.92 Å². The standard InChI is InChI=1S/C9H16N2O/c10-6-7-5-9(12)11-4-2-1-3-8(7)11/h7-8H,1-6,10H2. The summed E-state index contributed by atoms with van der Waals surface area (Å²) in [5.41, 5.74) is 5.62. The Bertz CT molecular complexity index is 193. The average molecular weight is 168 g/mol. The van der Waals surface area contributed by atoms with Crippen LogP contribution in [0.1, 0.15) is 25.7 Å². The highest BCUT2D eigenvalue weighted by atomic mass is 16.2. The third kappa shape index (κ3) is 1.12. The molecule has 2 heterocycles. The molecule has 2 rings (SSSR count). The molecule has 2 aliphatic heterocycles. The van der Waals surface area contributed by atoms with E-state index in [1.807, 2.05) is 4.90 Å². The zero-order valence-corrected chi connectivity index (χ0v) is 7.33. The lowest BCUT2D eigenvalue weighted by molar-refractivity contribution is -0.129. The molecule has 0 aliphatic carbocycles. The second-order valence-corrected chi connectivity index (χ2v) is 3.85. The number of hydrogen-bond acceptors (Lipinski definition) is 2. The average Bonchev–Trinajstić information content (AvgIpc) is 2.44. The van der Waals surface area contributed by atoms with Crippen LogP contribution in [0.4, 0.5) is 0 Å². The number of nitrogens with zero attached hydrogens (tertiary/aromatic N) is 1. The summed E-state index contributed by atoms with van der Waals surface area (Å²) >= 11 is 0. The molecule has 0 bridgehead atoms. The summed E-state index contributed by atoms with van der Waals surface area (Å²) in [6, 6.07) is 0.483. The molecule has 12 heavy (non-hydrogen) atoms. The van der Waals surface area contributed by atoms with Gasteiger partial charge in [-0.3, -0.25) is 4.79 Å². The third-order valence-corrected chi connectivity index (χ3v) is 3.15. The van der Waals surface area contributed by atoms with Crippen LogP contribution < -0.4 is 5.73 Å². The molecule has 2 aliphatic rings. The van der Waals surface area contributed by atoms with E-state index < -0.39 is 0 Å². The number of carbonyl (C=O) groups is 1. The normalized spacial score (nSPS) is 35.4. The van der Waals surface area contributed by atoms with E-state index in [2.05, 4.69) is 0 Å². The van der Waals surface area contributed by atoms with Crippen molar-refractivity contribution in [1.82, 2.24) is 4.90 Å². The molecule has 0 aromatic carbocycles. The number of hydrogen-bond donors (Lipinski definition) is 1. The maximum Gasteiger partial charge on any atom is 0.223 e. The van der Waals surface area contributed by atoms with Gasteiger partial charge in [0.05, 0.1) is 0 Å². The third-order valence-electron chi connectivity index (χ3n) is 3.15. The lowest BCUT2D eigenvalue weighted by Crippen LogP contribution is -2.40. The minimum Gasteiger partial charge on any atom is -0.339 e. The Morgan fingerprint density at radius 2 is 2.33 bits per heavy atom. The summed E-state index contributed by atoms with van der Waals surface area (Å²) in [5.74, 6) is 0.771. The predicted octanol–water partition coefficient (Wildman–Crippen LogP) is 0.346. The van der Waals surface area contributed by atoms with Crippen molar-refractivity contribution in [2.45, 2.75) is 31.7 Å².